The summed E-state index contributed by atoms with van der Waals surface area (Å²) < 4.78 is 6.12. The van der Waals surface area contributed by atoms with Crippen molar-refractivity contribution < 1.29 is 9.53 Å². The van der Waals surface area contributed by atoms with Gasteiger partial charge in [0.05, 0.1) is 13.2 Å². The Balaban J connectivity index is 3.23. The molecule has 0 saturated heterocycles. The summed E-state index contributed by atoms with van der Waals surface area (Å²) in [6.07, 6.45) is 5.86. The van der Waals surface area contributed by atoms with Gasteiger partial charge in [-0.15, -0.1) is 6.42 Å². The molecule has 102 valence electrons. The second kappa shape index (κ2) is 7.32. The lowest BCUT2D eigenvalue weighted by Gasteiger charge is -2.31. The molecule has 0 fully saturated rings. The van der Waals surface area contributed by atoms with Gasteiger partial charge in [0, 0.05) is 4.47 Å². The number of halogens is 1. The van der Waals surface area contributed by atoms with Crippen LogP contribution in [0.3, 0.4) is 0 Å². The van der Waals surface area contributed by atoms with E-state index in [1.54, 1.807) is 6.92 Å². The molecule has 0 radical (unpaired) electrons. The summed E-state index contributed by atoms with van der Waals surface area (Å²) in [5.74, 6) is 2.21. The molecular formula is C15H18BrNO2. The van der Waals surface area contributed by atoms with Crippen LogP contribution in [-0.4, -0.2) is 19.1 Å². The molecule has 1 aromatic carbocycles. The van der Waals surface area contributed by atoms with E-state index in [0.29, 0.717) is 19.6 Å². The highest BCUT2D eigenvalue weighted by Gasteiger charge is 2.39. The molecule has 0 aliphatic heterocycles. The average molecular weight is 324 g/mol. The summed E-state index contributed by atoms with van der Waals surface area (Å²) in [4.78, 5) is 12.3. The van der Waals surface area contributed by atoms with Gasteiger partial charge in [-0.3, -0.25) is 5.32 Å². The fraction of sp³-hybridized carbons (Fsp3) is 0.400. The van der Waals surface area contributed by atoms with Gasteiger partial charge in [-0.25, -0.2) is 4.79 Å². The number of esters is 1. The lowest BCUT2D eigenvalue weighted by atomic mass is 9.87. The molecule has 19 heavy (non-hydrogen) atoms. The van der Waals surface area contributed by atoms with Gasteiger partial charge in [0.25, 0.3) is 0 Å². The number of carbonyl (C=O) groups is 1. The zero-order valence-corrected chi connectivity index (χ0v) is 12.8. The van der Waals surface area contributed by atoms with E-state index >= 15 is 0 Å². The van der Waals surface area contributed by atoms with Crippen LogP contribution in [0.15, 0.2) is 28.7 Å². The summed E-state index contributed by atoms with van der Waals surface area (Å²) in [6, 6.07) is 7.61. The molecule has 0 aliphatic rings. The van der Waals surface area contributed by atoms with E-state index in [2.05, 4.69) is 27.2 Å². The Morgan fingerprint density at radius 3 is 2.79 bits per heavy atom. The molecule has 1 atom stereocenters. The Morgan fingerprint density at radius 1 is 1.53 bits per heavy atom. The van der Waals surface area contributed by atoms with Crippen LogP contribution in [0.2, 0.25) is 0 Å². The van der Waals surface area contributed by atoms with Crippen molar-refractivity contribution in [2.75, 3.05) is 13.2 Å². The fourth-order valence-corrected chi connectivity index (χ4v) is 2.37. The smallest absolute Gasteiger partial charge is 0.331 e. The predicted octanol–water partition coefficient (Wildman–Crippen LogP) is 2.84. The molecule has 1 aromatic rings. The second-order valence-corrected chi connectivity index (χ2v) is 4.96. The van der Waals surface area contributed by atoms with Crippen molar-refractivity contribution in [3.8, 4) is 12.3 Å². The van der Waals surface area contributed by atoms with E-state index in [4.69, 9.17) is 11.2 Å². The number of hydrogen-bond donors (Lipinski definition) is 1. The zero-order chi connectivity index (χ0) is 14.3. The van der Waals surface area contributed by atoms with E-state index in [1.807, 2.05) is 31.2 Å². The monoisotopic (exact) mass is 323 g/mol. The normalized spacial score (nSPS) is 13.4. The van der Waals surface area contributed by atoms with E-state index in [0.717, 1.165) is 10.0 Å². The summed E-state index contributed by atoms with van der Waals surface area (Å²) >= 11 is 3.42. The summed E-state index contributed by atoms with van der Waals surface area (Å²) in [6.45, 7) is 4.37. The molecule has 0 saturated carbocycles. The molecule has 1 unspecified atom stereocenters. The molecule has 1 N–H and O–H groups in total. The van der Waals surface area contributed by atoms with Crippen LogP contribution in [0.5, 0.6) is 0 Å². The van der Waals surface area contributed by atoms with E-state index in [9.17, 15) is 4.79 Å². The molecule has 0 bridgehead atoms. The maximum absolute atomic E-state index is 12.3. The van der Waals surface area contributed by atoms with Gasteiger partial charge in [0.1, 0.15) is 5.54 Å². The number of terminal acetylenes is 1. The Bertz CT molecular complexity index is 481. The Labute approximate surface area is 122 Å². The van der Waals surface area contributed by atoms with Crippen molar-refractivity contribution in [2.24, 2.45) is 0 Å². The summed E-state index contributed by atoms with van der Waals surface area (Å²) in [5.41, 5.74) is -0.0512. The Hall–Kier alpha value is -1.31. The molecule has 0 spiro atoms. The zero-order valence-electron chi connectivity index (χ0n) is 11.2. The topological polar surface area (TPSA) is 38.3 Å². The van der Waals surface area contributed by atoms with Crippen molar-refractivity contribution in [1.29, 1.82) is 0 Å². The van der Waals surface area contributed by atoms with Crippen molar-refractivity contribution in [3.63, 3.8) is 0 Å². The standard InChI is InChI=1S/C15H18BrNO2/c1-4-10-17-15(5-2,14(18)19-6-3)12-8-7-9-13(16)11-12/h1,7-9,11,17H,5-6,10H2,2-3H3. The lowest BCUT2D eigenvalue weighted by Crippen LogP contribution is -2.50. The average Bonchev–Trinajstić information content (AvgIpc) is 2.40. The number of ether oxygens (including phenoxy) is 1. The van der Waals surface area contributed by atoms with Gasteiger partial charge in [-0.05, 0) is 31.0 Å². The highest BCUT2D eigenvalue weighted by Crippen LogP contribution is 2.28. The number of hydrogen-bond acceptors (Lipinski definition) is 3. The fourth-order valence-electron chi connectivity index (χ4n) is 1.98. The minimum atomic E-state index is -0.897. The van der Waals surface area contributed by atoms with Gasteiger partial charge >= 0.3 is 5.97 Å². The van der Waals surface area contributed by atoms with Crippen LogP contribution >= 0.6 is 15.9 Å². The molecule has 0 aliphatic carbocycles. The second-order valence-electron chi connectivity index (χ2n) is 4.05. The van der Waals surface area contributed by atoms with Crippen LogP contribution in [-0.2, 0) is 15.1 Å². The van der Waals surface area contributed by atoms with E-state index in [-0.39, 0.29) is 5.97 Å². The number of nitrogens with one attached hydrogen (secondary N) is 1. The van der Waals surface area contributed by atoms with Gasteiger partial charge in [0.2, 0.25) is 0 Å². The van der Waals surface area contributed by atoms with Gasteiger partial charge in [-0.1, -0.05) is 40.9 Å². The van der Waals surface area contributed by atoms with Gasteiger partial charge < -0.3 is 4.74 Å². The maximum Gasteiger partial charge on any atom is 0.331 e. The van der Waals surface area contributed by atoms with E-state index in [1.165, 1.54) is 0 Å². The molecule has 3 nitrogen and oxygen atoms in total. The third-order valence-corrected chi connectivity index (χ3v) is 3.46. The SMILES string of the molecule is C#CCNC(CC)(C(=O)OCC)c1cccc(Br)c1. The highest BCUT2D eigenvalue weighted by molar-refractivity contribution is 9.10. The third kappa shape index (κ3) is 3.59. The molecule has 0 heterocycles. The first kappa shape index (κ1) is 15.7. The minimum absolute atomic E-state index is 0.300. The molecule has 4 heteroatoms. The van der Waals surface area contributed by atoms with Crippen LogP contribution < -0.4 is 5.32 Å². The van der Waals surface area contributed by atoms with Gasteiger partial charge in [-0.2, -0.15) is 0 Å². The van der Waals surface area contributed by atoms with Gasteiger partial charge in [0.15, 0.2) is 0 Å². The lowest BCUT2D eigenvalue weighted by molar-refractivity contribution is -0.152. The molecule has 1 rings (SSSR count). The summed E-state index contributed by atoms with van der Waals surface area (Å²) in [5, 5.41) is 3.13. The number of carbonyl (C=O) groups excluding carboxylic acids is 1. The third-order valence-electron chi connectivity index (χ3n) is 2.96. The van der Waals surface area contributed by atoms with Crippen molar-refractivity contribution in [1.82, 2.24) is 5.32 Å². The number of benzene rings is 1. The van der Waals surface area contributed by atoms with Crippen LogP contribution in [0.25, 0.3) is 0 Å². The molecular weight excluding hydrogens is 306 g/mol. The minimum Gasteiger partial charge on any atom is -0.464 e. The quantitative estimate of drug-likeness (QED) is 0.646. The largest absolute Gasteiger partial charge is 0.464 e. The van der Waals surface area contributed by atoms with Crippen molar-refractivity contribution >= 4 is 21.9 Å². The Morgan fingerprint density at radius 2 is 2.26 bits per heavy atom. The van der Waals surface area contributed by atoms with Crippen LogP contribution in [0.1, 0.15) is 25.8 Å². The predicted molar refractivity (Wildman–Crippen MR) is 79.6 cm³/mol. The molecule has 0 aromatic heterocycles. The van der Waals surface area contributed by atoms with Crippen molar-refractivity contribution in [3.05, 3.63) is 34.3 Å². The van der Waals surface area contributed by atoms with Crippen LogP contribution in [0, 0.1) is 12.3 Å². The molecule has 0 amide bonds. The van der Waals surface area contributed by atoms with Crippen molar-refractivity contribution in [2.45, 2.75) is 25.8 Å². The highest BCUT2D eigenvalue weighted by atomic mass is 79.9. The Kier molecular flexibility index (Phi) is 6.07. The first-order valence-electron chi connectivity index (χ1n) is 6.22. The van der Waals surface area contributed by atoms with Crippen LogP contribution in [0.4, 0.5) is 0 Å². The summed E-state index contributed by atoms with van der Waals surface area (Å²) in [7, 11) is 0. The first-order chi connectivity index (χ1) is 9.10. The first-order valence-corrected chi connectivity index (χ1v) is 7.01. The maximum atomic E-state index is 12.3. The van der Waals surface area contributed by atoms with E-state index < -0.39 is 5.54 Å². The number of rotatable bonds is 6.